The Balaban J connectivity index is 3.82. The molecule has 4 nitrogen and oxygen atoms in total. The smallest absolute Gasteiger partial charge is 0.331 e. The molecule has 0 saturated heterocycles. The standard InChI is InChI=1S/C8H10O4/c1-3-7(9)12-5-4-6(2)8(10)11/h3-4H,1,5H2,2H3,(H,10,11). The van der Waals surface area contributed by atoms with E-state index in [-0.39, 0.29) is 12.2 Å². The lowest BCUT2D eigenvalue weighted by Gasteiger charge is -1.96. The van der Waals surface area contributed by atoms with Crippen LogP contribution < -0.4 is 0 Å². The van der Waals surface area contributed by atoms with E-state index in [4.69, 9.17) is 5.11 Å². The Morgan fingerprint density at radius 3 is 2.58 bits per heavy atom. The summed E-state index contributed by atoms with van der Waals surface area (Å²) >= 11 is 0. The first-order valence-electron chi connectivity index (χ1n) is 3.27. The van der Waals surface area contributed by atoms with Crippen LogP contribution in [0.5, 0.6) is 0 Å². The van der Waals surface area contributed by atoms with Crippen LogP contribution in [0.15, 0.2) is 24.3 Å². The minimum Gasteiger partial charge on any atom is -0.478 e. The van der Waals surface area contributed by atoms with Crippen molar-refractivity contribution in [1.82, 2.24) is 0 Å². The van der Waals surface area contributed by atoms with Crippen LogP contribution in [0.1, 0.15) is 6.92 Å². The molecular formula is C8H10O4. The molecule has 0 aromatic rings. The van der Waals surface area contributed by atoms with Crippen LogP contribution in [-0.2, 0) is 14.3 Å². The molecule has 0 fully saturated rings. The largest absolute Gasteiger partial charge is 0.478 e. The minimum atomic E-state index is -1.02. The van der Waals surface area contributed by atoms with E-state index in [2.05, 4.69) is 11.3 Å². The number of ether oxygens (including phenoxy) is 1. The van der Waals surface area contributed by atoms with Crippen LogP contribution >= 0.6 is 0 Å². The second-order valence-electron chi connectivity index (χ2n) is 2.03. The number of rotatable bonds is 4. The Labute approximate surface area is 70.1 Å². The van der Waals surface area contributed by atoms with Gasteiger partial charge >= 0.3 is 11.9 Å². The monoisotopic (exact) mass is 170 g/mol. The van der Waals surface area contributed by atoms with Crippen molar-refractivity contribution in [3.8, 4) is 0 Å². The molecule has 0 rings (SSSR count). The first-order chi connectivity index (χ1) is 5.57. The zero-order valence-electron chi connectivity index (χ0n) is 6.74. The van der Waals surface area contributed by atoms with Gasteiger partial charge in [0.1, 0.15) is 6.61 Å². The van der Waals surface area contributed by atoms with E-state index < -0.39 is 11.9 Å². The molecule has 0 spiro atoms. The Kier molecular flexibility index (Phi) is 4.45. The molecule has 0 aromatic carbocycles. The summed E-state index contributed by atoms with van der Waals surface area (Å²) < 4.78 is 4.52. The van der Waals surface area contributed by atoms with Gasteiger partial charge in [-0.05, 0) is 13.0 Å². The van der Waals surface area contributed by atoms with Gasteiger partial charge in [0.05, 0.1) is 0 Å². The first-order valence-corrected chi connectivity index (χ1v) is 3.27. The molecule has 0 atom stereocenters. The van der Waals surface area contributed by atoms with Gasteiger partial charge in [-0.2, -0.15) is 0 Å². The minimum absolute atomic E-state index is 0.0387. The number of carbonyl (C=O) groups excluding carboxylic acids is 1. The highest BCUT2D eigenvalue weighted by Crippen LogP contribution is 1.92. The molecule has 0 aliphatic carbocycles. The third-order valence-electron chi connectivity index (χ3n) is 1.12. The normalized spacial score (nSPS) is 10.6. The SMILES string of the molecule is C=CC(=O)OCC=C(C)C(=O)O. The van der Waals surface area contributed by atoms with Crippen molar-refractivity contribution in [3.63, 3.8) is 0 Å². The summed E-state index contributed by atoms with van der Waals surface area (Å²) in [6.07, 6.45) is 2.33. The van der Waals surface area contributed by atoms with Gasteiger partial charge in [0.25, 0.3) is 0 Å². The Morgan fingerprint density at radius 2 is 2.17 bits per heavy atom. The van der Waals surface area contributed by atoms with Gasteiger partial charge in [0.2, 0.25) is 0 Å². The second-order valence-corrected chi connectivity index (χ2v) is 2.03. The fourth-order valence-corrected chi connectivity index (χ4v) is 0.395. The summed E-state index contributed by atoms with van der Waals surface area (Å²) in [5.74, 6) is -1.59. The van der Waals surface area contributed by atoms with Crippen molar-refractivity contribution >= 4 is 11.9 Å². The van der Waals surface area contributed by atoms with Crippen LogP contribution in [0, 0.1) is 0 Å². The molecule has 12 heavy (non-hydrogen) atoms. The van der Waals surface area contributed by atoms with Crippen LogP contribution in [0.3, 0.4) is 0 Å². The average molecular weight is 170 g/mol. The number of carboxylic acid groups (broad SMARTS) is 1. The van der Waals surface area contributed by atoms with E-state index in [0.717, 1.165) is 6.08 Å². The lowest BCUT2D eigenvalue weighted by atomic mass is 10.3. The maximum absolute atomic E-state index is 10.4. The third kappa shape index (κ3) is 4.27. The number of hydrogen-bond acceptors (Lipinski definition) is 3. The van der Waals surface area contributed by atoms with Crippen molar-refractivity contribution in [2.45, 2.75) is 6.92 Å². The fourth-order valence-electron chi connectivity index (χ4n) is 0.395. The maximum atomic E-state index is 10.4. The summed E-state index contributed by atoms with van der Waals surface area (Å²) in [6, 6.07) is 0. The molecule has 0 aliphatic heterocycles. The Morgan fingerprint density at radius 1 is 1.58 bits per heavy atom. The average Bonchev–Trinajstić information content (AvgIpc) is 2.03. The first kappa shape index (κ1) is 10.4. The molecule has 0 saturated carbocycles. The van der Waals surface area contributed by atoms with Gasteiger partial charge in [-0.1, -0.05) is 6.58 Å². The van der Waals surface area contributed by atoms with Gasteiger partial charge in [-0.3, -0.25) is 0 Å². The summed E-state index contributed by atoms with van der Waals surface area (Å²) in [5, 5.41) is 8.38. The summed E-state index contributed by atoms with van der Waals surface area (Å²) in [7, 11) is 0. The molecule has 0 radical (unpaired) electrons. The molecule has 0 bridgehead atoms. The van der Waals surface area contributed by atoms with E-state index >= 15 is 0 Å². The zero-order chi connectivity index (χ0) is 9.56. The van der Waals surface area contributed by atoms with E-state index in [1.165, 1.54) is 13.0 Å². The highest BCUT2D eigenvalue weighted by Gasteiger charge is 1.98. The van der Waals surface area contributed by atoms with E-state index in [0.29, 0.717) is 0 Å². The van der Waals surface area contributed by atoms with E-state index in [1.807, 2.05) is 0 Å². The predicted molar refractivity (Wildman–Crippen MR) is 42.5 cm³/mol. The van der Waals surface area contributed by atoms with Crippen molar-refractivity contribution < 1.29 is 19.4 Å². The highest BCUT2D eigenvalue weighted by molar-refractivity contribution is 5.86. The zero-order valence-corrected chi connectivity index (χ0v) is 6.74. The quantitative estimate of drug-likeness (QED) is 0.499. The van der Waals surface area contributed by atoms with Gasteiger partial charge in [-0.25, -0.2) is 9.59 Å². The van der Waals surface area contributed by atoms with Crippen LogP contribution in [0.2, 0.25) is 0 Å². The van der Waals surface area contributed by atoms with Crippen LogP contribution in [-0.4, -0.2) is 23.7 Å². The number of hydrogen-bond donors (Lipinski definition) is 1. The van der Waals surface area contributed by atoms with E-state index in [9.17, 15) is 9.59 Å². The molecule has 4 heteroatoms. The van der Waals surface area contributed by atoms with Crippen molar-refractivity contribution in [2.75, 3.05) is 6.61 Å². The van der Waals surface area contributed by atoms with E-state index in [1.54, 1.807) is 0 Å². The Bertz CT molecular complexity index is 227. The molecule has 0 aromatic heterocycles. The summed E-state index contributed by atoms with van der Waals surface area (Å²) in [5.41, 5.74) is 0.145. The molecule has 66 valence electrons. The Hall–Kier alpha value is -1.58. The molecule has 0 aliphatic rings. The van der Waals surface area contributed by atoms with Gasteiger partial charge in [0.15, 0.2) is 0 Å². The molecule has 0 heterocycles. The molecular weight excluding hydrogens is 160 g/mol. The summed E-state index contributed by atoms with van der Waals surface area (Å²) in [4.78, 5) is 20.7. The predicted octanol–water partition coefficient (Wildman–Crippen LogP) is 0.746. The molecule has 1 N–H and O–H groups in total. The molecule has 0 amide bonds. The molecule has 0 unspecified atom stereocenters. The highest BCUT2D eigenvalue weighted by atomic mass is 16.5. The lowest BCUT2D eigenvalue weighted by Crippen LogP contribution is -2.02. The summed E-state index contributed by atoms with van der Waals surface area (Å²) in [6.45, 7) is 4.56. The second kappa shape index (κ2) is 5.12. The topological polar surface area (TPSA) is 63.6 Å². The van der Waals surface area contributed by atoms with Crippen molar-refractivity contribution in [2.24, 2.45) is 0 Å². The van der Waals surface area contributed by atoms with Crippen LogP contribution in [0.4, 0.5) is 0 Å². The number of carbonyl (C=O) groups is 2. The maximum Gasteiger partial charge on any atom is 0.331 e. The lowest BCUT2D eigenvalue weighted by molar-refractivity contribution is -0.137. The number of esters is 1. The number of aliphatic carboxylic acids is 1. The fraction of sp³-hybridized carbons (Fsp3) is 0.250. The van der Waals surface area contributed by atoms with Crippen LogP contribution in [0.25, 0.3) is 0 Å². The number of carboxylic acids is 1. The van der Waals surface area contributed by atoms with Crippen molar-refractivity contribution in [3.05, 3.63) is 24.3 Å². The van der Waals surface area contributed by atoms with Gasteiger partial charge < -0.3 is 9.84 Å². The van der Waals surface area contributed by atoms with Gasteiger partial charge in [-0.15, -0.1) is 0 Å². The third-order valence-corrected chi connectivity index (χ3v) is 1.12. The van der Waals surface area contributed by atoms with Gasteiger partial charge in [0, 0.05) is 11.6 Å². The van der Waals surface area contributed by atoms with Crippen molar-refractivity contribution in [1.29, 1.82) is 0 Å².